The van der Waals surface area contributed by atoms with E-state index < -0.39 is 0 Å². The van der Waals surface area contributed by atoms with E-state index in [1.165, 1.54) is 31.2 Å². The molecule has 0 saturated carbocycles. The molecule has 1 aromatic carbocycles. The fourth-order valence-corrected chi connectivity index (χ4v) is 2.41. The minimum Gasteiger partial charge on any atom is -0.334 e. The van der Waals surface area contributed by atoms with Gasteiger partial charge in [-0.25, -0.2) is 4.79 Å². The quantitative estimate of drug-likeness (QED) is 0.492. The zero-order chi connectivity index (χ0) is 15.5. The second-order valence-corrected chi connectivity index (χ2v) is 5.67. The van der Waals surface area contributed by atoms with Gasteiger partial charge in [-0.1, -0.05) is 45.2 Å². The third-order valence-corrected chi connectivity index (χ3v) is 3.92. The standard InChI is InChI=1S/C17H27ClN2O/c1-3-5-6-7-8-14-9-11-16(12-10-14)20-17(21)19-15(4-2)13-18/h9-12,15H,3-8,13H2,1-2H3,(H2,19,20,21)/t15-/m0/s1. The lowest BCUT2D eigenvalue weighted by Crippen LogP contribution is -2.38. The highest BCUT2D eigenvalue weighted by molar-refractivity contribution is 6.18. The highest BCUT2D eigenvalue weighted by atomic mass is 35.5. The van der Waals surface area contributed by atoms with Crippen LogP contribution in [0.25, 0.3) is 0 Å². The average Bonchev–Trinajstić information content (AvgIpc) is 2.51. The molecule has 0 fully saturated rings. The van der Waals surface area contributed by atoms with Gasteiger partial charge in [0.05, 0.1) is 0 Å². The first-order valence-electron chi connectivity index (χ1n) is 7.92. The number of rotatable bonds is 9. The Bertz CT molecular complexity index is 402. The van der Waals surface area contributed by atoms with Gasteiger partial charge in [0.1, 0.15) is 0 Å². The van der Waals surface area contributed by atoms with Crippen LogP contribution in [0.5, 0.6) is 0 Å². The number of amides is 2. The van der Waals surface area contributed by atoms with Gasteiger partial charge in [0, 0.05) is 17.6 Å². The first-order valence-corrected chi connectivity index (χ1v) is 8.45. The maximum Gasteiger partial charge on any atom is 0.319 e. The summed E-state index contributed by atoms with van der Waals surface area (Å²) in [5.41, 5.74) is 2.14. The number of nitrogens with one attached hydrogen (secondary N) is 2. The zero-order valence-corrected chi connectivity index (χ0v) is 13.9. The summed E-state index contributed by atoms with van der Waals surface area (Å²) in [4.78, 5) is 11.8. The summed E-state index contributed by atoms with van der Waals surface area (Å²) < 4.78 is 0. The van der Waals surface area contributed by atoms with Crippen LogP contribution in [0, 0.1) is 0 Å². The van der Waals surface area contributed by atoms with Gasteiger partial charge in [-0.15, -0.1) is 11.6 Å². The van der Waals surface area contributed by atoms with Crippen LogP contribution in [0.15, 0.2) is 24.3 Å². The van der Waals surface area contributed by atoms with Crippen LogP contribution in [0.3, 0.4) is 0 Å². The molecule has 2 N–H and O–H groups in total. The van der Waals surface area contributed by atoms with Crippen molar-refractivity contribution in [2.45, 2.75) is 58.4 Å². The molecule has 1 atom stereocenters. The molecule has 3 nitrogen and oxygen atoms in total. The maximum absolute atomic E-state index is 11.8. The number of aryl methyl sites for hydroxylation is 1. The van der Waals surface area contributed by atoms with Gasteiger partial charge < -0.3 is 10.6 Å². The normalized spacial score (nSPS) is 12.0. The monoisotopic (exact) mass is 310 g/mol. The number of anilines is 1. The topological polar surface area (TPSA) is 41.1 Å². The molecule has 21 heavy (non-hydrogen) atoms. The fourth-order valence-electron chi connectivity index (χ4n) is 2.11. The summed E-state index contributed by atoms with van der Waals surface area (Å²) in [6.45, 7) is 4.22. The Hall–Kier alpha value is -1.22. The molecule has 0 aliphatic heterocycles. The third-order valence-electron chi connectivity index (χ3n) is 3.55. The molecule has 4 heteroatoms. The van der Waals surface area contributed by atoms with Crippen molar-refractivity contribution in [2.75, 3.05) is 11.2 Å². The van der Waals surface area contributed by atoms with Crippen LogP contribution < -0.4 is 10.6 Å². The van der Waals surface area contributed by atoms with Crippen LogP contribution in [-0.4, -0.2) is 18.0 Å². The lowest BCUT2D eigenvalue weighted by molar-refractivity contribution is 0.249. The van der Waals surface area contributed by atoms with Crippen LogP contribution in [0.1, 0.15) is 51.5 Å². The van der Waals surface area contributed by atoms with Gasteiger partial charge in [-0.2, -0.15) is 0 Å². The SMILES string of the molecule is CCCCCCc1ccc(NC(=O)N[C@@H](CC)CCl)cc1. The third kappa shape index (κ3) is 7.37. The number of benzene rings is 1. The van der Waals surface area contributed by atoms with Crippen LogP contribution in [-0.2, 0) is 6.42 Å². The highest BCUT2D eigenvalue weighted by Crippen LogP contribution is 2.13. The van der Waals surface area contributed by atoms with Crippen molar-refractivity contribution in [1.82, 2.24) is 5.32 Å². The number of hydrogen-bond donors (Lipinski definition) is 2. The van der Waals surface area contributed by atoms with E-state index in [0.29, 0.717) is 5.88 Å². The molecule has 0 aromatic heterocycles. The van der Waals surface area contributed by atoms with E-state index in [9.17, 15) is 4.79 Å². The minimum absolute atomic E-state index is 0.0181. The molecule has 2 amide bonds. The molecule has 118 valence electrons. The number of carbonyl (C=O) groups excluding carboxylic acids is 1. The summed E-state index contributed by atoms with van der Waals surface area (Å²) in [7, 11) is 0. The number of carbonyl (C=O) groups is 1. The summed E-state index contributed by atoms with van der Waals surface area (Å²) in [5.74, 6) is 0.431. The Morgan fingerprint density at radius 3 is 2.43 bits per heavy atom. The minimum atomic E-state index is -0.196. The van der Waals surface area contributed by atoms with Crippen LogP contribution >= 0.6 is 11.6 Å². The van der Waals surface area contributed by atoms with Gasteiger partial charge >= 0.3 is 6.03 Å². The Morgan fingerprint density at radius 2 is 1.86 bits per heavy atom. The average molecular weight is 311 g/mol. The van der Waals surface area contributed by atoms with E-state index in [0.717, 1.165) is 18.5 Å². The van der Waals surface area contributed by atoms with Gasteiger partial charge in [-0.05, 0) is 37.0 Å². The zero-order valence-electron chi connectivity index (χ0n) is 13.1. The van der Waals surface area contributed by atoms with Gasteiger partial charge in [0.2, 0.25) is 0 Å². The molecule has 0 spiro atoms. The van der Waals surface area contributed by atoms with Crippen molar-refractivity contribution in [1.29, 1.82) is 0 Å². The fraction of sp³-hybridized carbons (Fsp3) is 0.588. The first kappa shape index (κ1) is 17.8. The lowest BCUT2D eigenvalue weighted by Gasteiger charge is -2.14. The number of hydrogen-bond acceptors (Lipinski definition) is 1. The smallest absolute Gasteiger partial charge is 0.319 e. The van der Waals surface area contributed by atoms with E-state index >= 15 is 0 Å². The highest BCUT2D eigenvalue weighted by Gasteiger charge is 2.08. The maximum atomic E-state index is 11.8. The van der Waals surface area contributed by atoms with E-state index in [2.05, 4.69) is 29.7 Å². The van der Waals surface area contributed by atoms with E-state index in [1.807, 2.05) is 19.1 Å². The number of urea groups is 1. The Balaban J connectivity index is 2.38. The molecule has 0 aliphatic carbocycles. The second kappa shape index (κ2) is 10.5. The predicted molar refractivity (Wildman–Crippen MR) is 91.2 cm³/mol. The number of alkyl halides is 1. The van der Waals surface area contributed by atoms with Crippen molar-refractivity contribution in [3.8, 4) is 0 Å². The van der Waals surface area contributed by atoms with Crippen molar-refractivity contribution in [3.05, 3.63) is 29.8 Å². The molecular weight excluding hydrogens is 284 g/mol. The van der Waals surface area contributed by atoms with Gasteiger partial charge in [0.15, 0.2) is 0 Å². The molecule has 0 heterocycles. The number of halogens is 1. The van der Waals surface area contributed by atoms with Crippen molar-refractivity contribution in [2.24, 2.45) is 0 Å². The summed E-state index contributed by atoms with van der Waals surface area (Å²) in [6, 6.07) is 7.90. The lowest BCUT2D eigenvalue weighted by atomic mass is 10.1. The Morgan fingerprint density at radius 1 is 1.14 bits per heavy atom. The summed E-state index contributed by atoms with van der Waals surface area (Å²) in [5, 5.41) is 5.68. The molecule has 0 aliphatic rings. The van der Waals surface area contributed by atoms with Crippen molar-refractivity contribution >= 4 is 23.3 Å². The van der Waals surface area contributed by atoms with Crippen LogP contribution in [0.2, 0.25) is 0 Å². The van der Waals surface area contributed by atoms with Crippen LogP contribution in [0.4, 0.5) is 10.5 Å². The van der Waals surface area contributed by atoms with Gasteiger partial charge in [0.25, 0.3) is 0 Å². The van der Waals surface area contributed by atoms with Crippen molar-refractivity contribution < 1.29 is 4.79 Å². The molecule has 0 saturated heterocycles. The predicted octanol–water partition coefficient (Wildman–Crippen LogP) is 4.95. The first-order chi connectivity index (χ1) is 10.2. The molecule has 0 bridgehead atoms. The molecule has 1 aromatic rings. The van der Waals surface area contributed by atoms with E-state index in [4.69, 9.17) is 11.6 Å². The molecule has 0 radical (unpaired) electrons. The summed E-state index contributed by atoms with van der Waals surface area (Å²) in [6.07, 6.45) is 7.02. The largest absolute Gasteiger partial charge is 0.334 e. The molecule has 0 unspecified atom stereocenters. The molecular formula is C17H27ClN2O. The van der Waals surface area contributed by atoms with Crippen molar-refractivity contribution in [3.63, 3.8) is 0 Å². The van der Waals surface area contributed by atoms with E-state index in [1.54, 1.807) is 0 Å². The molecule has 1 rings (SSSR count). The Kier molecular flexibility index (Phi) is 8.91. The Labute approximate surface area is 133 Å². The van der Waals surface area contributed by atoms with Gasteiger partial charge in [-0.3, -0.25) is 0 Å². The van der Waals surface area contributed by atoms with E-state index in [-0.39, 0.29) is 12.1 Å². The second-order valence-electron chi connectivity index (χ2n) is 5.37. The number of unbranched alkanes of at least 4 members (excludes halogenated alkanes) is 3. The summed E-state index contributed by atoms with van der Waals surface area (Å²) >= 11 is 5.76.